The molecule has 2 amide bonds. The van der Waals surface area contributed by atoms with Gasteiger partial charge in [-0.2, -0.15) is 0 Å². The number of rotatable bonds is 3. The second-order valence-electron chi connectivity index (χ2n) is 8.92. The molecule has 2 saturated heterocycles. The van der Waals surface area contributed by atoms with Crippen molar-refractivity contribution in [3.8, 4) is 0 Å². The maximum absolute atomic E-state index is 13.1. The van der Waals surface area contributed by atoms with Crippen molar-refractivity contribution < 1.29 is 9.59 Å². The third-order valence-corrected chi connectivity index (χ3v) is 7.41. The van der Waals surface area contributed by atoms with Crippen LogP contribution in [-0.4, -0.2) is 65.9 Å². The van der Waals surface area contributed by atoms with E-state index in [0.717, 1.165) is 51.3 Å². The smallest absolute Gasteiger partial charge is 0.253 e. The van der Waals surface area contributed by atoms with Crippen LogP contribution >= 0.6 is 11.6 Å². The number of aromatic nitrogens is 1. The van der Waals surface area contributed by atoms with Crippen LogP contribution in [0.1, 0.15) is 29.6 Å². The predicted molar refractivity (Wildman–Crippen MR) is 120 cm³/mol. The van der Waals surface area contributed by atoms with E-state index in [-0.39, 0.29) is 17.2 Å². The minimum absolute atomic E-state index is 0.0338. The van der Waals surface area contributed by atoms with Crippen molar-refractivity contribution >= 4 is 29.2 Å². The molecular weight excluding hydrogens is 412 g/mol. The summed E-state index contributed by atoms with van der Waals surface area (Å²) >= 11 is 6.04. The number of piperazine rings is 1. The van der Waals surface area contributed by atoms with Crippen molar-refractivity contribution in [2.24, 2.45) is 11.3 Å². The summed E-state index contributed by atoms with van der Waals surface area (Å²) in [6.45, 7) is 4.57. The van der Waals surface area contributed by atoms with Crippen molar-refractivity contribution in [1.82, 2.24) is 14.8 Å². The van der Waals surface area contributed by atoms with Crippen LogP contribution in [0.25, 0.3) is 0 Å². The highest BCUT2D eigenvalue weighted by Gasteiger charge is 2.59. The summed E-state index contributed by atoms with van der Waals surface area (Å²) < 4.78 is 0. The molecule has 1 aromatic carbocycles. The van der Waals surface area contributed by atoms with Gasteiger partial charge in [0.1, 0.15) is 5.82 Å². The van der Waals surface area contributed by atoms with Gasteiger partial charge in [0.25, 0.3) is 5.91 Å². The lowest BCUT2D eigenvalue weighted by Crippen LogP contribution is -2.50. The van der Waals surface area contributed by atoms with Gasteiger partial charge in [-0.1, -0.05) is 23.7 Å². The van der Waals surface area contributed by atoms with Crippen molar-refractivity contribution in [3.63, 3.8) is 0 Å². The molecule has 7 heteroatoms. The van der Waals surface area contributed by atoms with Crippen LogP contribution in [0.3, 0.4) is 0 Å². The SMILES string of the molecule is O=C(c1cccc(Cl)c1)N1CCC2(CC1)CC2C(=O)N1CCN(c2ccccn2)CC1. The number of pyridine rings is 1. The molecule has 1 aliphatic carbocycles. The summed E-state index contributed by atoms with van der Waals surface area (Å²) in [5.41, 5.74) is 0.734. The maximum atomic E-state index is 13.1. The molecule has 2 aromatic rings. The Balaban J connectivity index is 1.13. The molecule has 3 aliphatic rings. The summed E-state index contributed by atoms with van der Waals surface area (Å²) in [6.07, 6.45) is 4.59. The Morgan fingerprint density at radius 3 is 2.39 bits per heavy atom. The van der Waals surface area contributed by atoms with E-state index < -0.39 is 0 Å². The van der Waals surface area contributed by atoms with Crippen molar-refractivity contribution in [2.75, 3.05) is 44.2 Å². The third-order valence-electron chi connectivity index (χ3n) is 7.17. The van der Waals surface area contributed by atoms with Crippen LogP contribution in [0.15, 0.2) is 48.7 Å². The second-order valence-corrected chi connectivity index (χ2v) is 9.36. The first kappa shape index (κ1) is 20.3. The Morgan fingerprint density at radius 1 is 0.935 bits per heavy atom. The Kier molecular flexibility index (Phi) is 5.34. The topological polar surface area (TPSA) is 56.8 Å². The predicted octanol–water partition coefficient (Wildman–Crippen LogP) is 3.33. The number of piperidine rings is 1. The van der Waals surface area contributed by atoms with Gasteiger partial charge in [-0.05, 0) is 55.0 Å². The number of halogens is 1. The summed E-state index contributed by atoms with van der Waals surface area (Å²) in [5.74, 6) is 1.44. The average molecular weight is 439 g/mol. The fourth-order valence-electron chi connectivity index (χ4n) is 5.13. The number of hydrogen-bond donors (Lipinski definition) is 0. The molecule has 0 bridgehead atoms. The van der Waals surface area contributed by atoms with Gasteiger partial charge in [0.15, 0.2) is 0 Å². The largest absolute Gasteiger partial charge is 0.353 e. The highest BCUT2D eigenvalue weighted by Crippen LogP contribution is 2.60. The van der Waals surface area contributed by atoms with E-state index in [9.17, 15) is 9.59 Å². The molecule has 1 spiro atoms. The lowest BCUT2D eigenvalue weighted by molar-refractivity contribution is -0.134. The van der Waals surface area contributed by atoms with Crippen LogP contribution in [0, 0.1) is 11.3 Å². The lowest BCUT2D eigenvalue weighted by atomic mass is 9.90. The molecule has 1 aromatic heterocycles. The summed E-state index contributed by atoms with van der Waals surface area (Å²) in [5, 5.41) is 0.579. The quantitative estimate of drug-likeness (QED) is 0.737. The molecule has 3 fully saturated rings. The number of carbonyl (C=O) groups excluding carboxylic acids is 2. The molecular formula is C24H27ClN4O2. The van der Waals surface area contributed by atoms with Crippen molar-refractivity contribution in [1.29, 1.82) is 0 Å². The first-order valence-electron chi connectivity index (χ1n) is 11.1. The zero-order chi connectivity index (χ0) is 21.4. The van der Waals surface area contributed by atoms with E-state index in [1.807, 2.05) is 46.3 Å². The molecule has 162 valence electrons. The van der Waals surface area contributed by atoms with E-state index in [0.29, 0.717) is 29.6 Å². The first-order chi connectivity index (χ1) is 15.1. The monoisotopic (exact) mass is 438 g/mol. The highest BCUT2D eigenvalue weighted by molar-refractivity contribution is 6.30. The highest BCUT2D eigenvalue weighted by atomic mass is 35.5. The van der Waals surface area contributed by atoms with Crippen LogP contribution in [0.5, 0.6) is 0 Å². The molecule has 2 aliphatic heterocycles. The molecule has 5 rings (SSSR count). The minimum Gasteiger partial charge on any atom is -0.353 e. The Labute approximate surface area is 187 Å². The second kappa shape index (κ2) is 8.15. The normalized spacial score (nSPS) is 22.5. The molecule has 3 heterocycles. The van der Waals surface area contributed by atoms with Crippen molar-refractivity contribution in [3.05, 3.63) is 59.2 Å². The van der Waals surface area contributed by atoms with Gasteiger partial charge >= 0.3 is 0 Å². The average Bonchev–Trinajstić information content (AvgIpc) is 3.52. The molecule has 0 N–H and O–H groups in total. The molecule has 6 nitrogen and oxygen atoms in total. The Bertz CT molecular complexity index is 967. The minimum atomic E-state index is 0.0338. The van der Waals surface area contributed by atoms with Crippen molar-refractivity contribution in [2.45, 2.75) is 19.3 Å². The van der Waals surface area contributed by atoms with Gasteiger partial charge < -0.3 is 14.7 Å². The number of likely N-dealkylation sites (tertiary alicyclic amines) is 1. The number of benzene rings is 1. The van der Waals surface area contributed by atoms with Crippen LogP contribution in [-0.2, 0) is 4.79 Å². The van der Waals surface area contributed by atoms with E-state index in [4.69, 9.17) is 11.6 Å². The van der Waals surface area contributed by atoms with E-state index in [1.165, 1.54) is 0 Å². The summed E-state index contributed by atoms with van der Waals surface area (Å²) in [4.78, 5) is 36.5. The van der Waals surface area contributed by atoms with Gasteiger partial charge in [0, 0.05) is 62.0 Å². The maximum Gasteiger partial charge on any atom is 0.253 e. The number of anilines is 1. The number of hydrogen-bond acceptors (Lipinski definition) is 4. The number of carbonyl (C=O) groups is 2. The van der Waals surface area contributed by atoms with Gasteiger partial charge in [0.2, 0.25) is 5.91 Å². The van der Waals surface area contributed by atoms with Gasteiger partial charge in [0.05, 0.1) is 0 Å². The molecule has 0 radical (unpaired) electrons. The van der Waals surface area contributed by atoms with Gasteiger partial charge in [-0.25, -0.2) is 4.98 Å². The standard InChI is InChI=1S/C24H27ClN4O2/c25-19-5-3-4-18(16-19)22(30)28-10-7-24(8-11-28)17-20(24)23(31)29-14-12-27(13-15-29)21-6-1-2-9-26-21/h1-6,9,16,20H,7-8,10-15,17H2. The number of amides is 2. The molecule has 1 atom stereocenters. The fourth-order valence-corrected chi connectivity index (χ4v) is 5.32. The molecule has 1 unspecified atom stereocenters. The van der Waals surface area contributed by atoms with E-state index >= 15 is 0 Å². The fraction of sp³-hybridized carbons (Fsp3) is 0.458. The zero-order valence-electron chi connectivity index (χ0n) is 17.5. The Morgan fingerprint density at radius 2 is 1.71 bits per heavy atom. The van der Waals surface area contributed by atoms with E-state index in [2.05, 4.69) is 9.88 Å². The molecule has 31 heavy (non-hydrogen) atoms. The van der Waals surface area contributed by atoms with Crippen LogP contribution in [0.4, 0.5) is 5.82 Å². The van der Waals surface area contributed by atoms with Gasteiger partial charge in [-0.15, -0.1) is 0 Å². The summed E-state index contributed by atoms with van der Waals surface area (Å²) in [7, 11) is 0. The molecule has 1 saturated carbocycles. The number of nitrogens with zero attached hydrogens (tertiary/aromatic N) is 4. The van der Waals surface area contributed by atoms with Crippen LogP contribution < -0.4 is 4.90 Å². The Hall–Kier alpha value is -2.60. The van der Waals surface area contributed by atoms with Crippen LogP contribution in [0.2, 0.25) is 5.02 Å². The van der Waals surface area contributed by atoms with Gasteiger partial charge in [-0.3, -0.25) is 9.59 Å². The zero-order valence-corrected chi connectivity index (χ0v) is 18.3. The van der Waals surface area contributed by atoms with E-state index in [1.54, 1.807) is 12.1 Å². The summed E-state index contributed by atoms with van der Waals surface area (Å²) in [6, 6.07) is 13.1. The lowest BCUT2D eigenvalue weighted by Gasteiger charge is -2.37. The first-order valence-corrected chi connectivity index (χ1v) is 11.4. The third kappa shape index (κ3) is 4.01.